The second-order valence-corrected chi connectivity index (χ2v) is 2.12. The van der Waals surface area contributed by atoms with Gasteiger partial charge in [0.2, 0.25) is 0 Å². The molecule has 1 N–H and O–H groups in total. The van der Waals surface area contributed by atoms with Crippen molar-refractivity contribution >= 4 is 11.5 Å². The van der Waals surface area contributed by atoms with Gasteiger partial charge in [0.1, 0.15) is 0 Å². The van der Waals surface area contributed by atoms with Crippen LogP contribution in [0.4, 0.5) is 0 Å². The van der Waals surface area contributed by atoms with Crippen LogP contribution in [-0.4, -0.2) is 20.9 Å². The molecule has 0 saturated heterocycles. The molecule has 0 aliphatic heterocycles. The minimum Gasteiger partial charge on any atom is -0.478 e. The van der Waals surface area contributed by atoms with Gasteiger partial charge in [-0.1, -0.05) is 6.58 Å². The first kappa shape index (κ1) is 7.53. The SMILES string of the molecule is C=C(C(=O)O)c1ccnn1C. The highest BCUT2D eigenvalue weighted by atomic mass is 16.4. The molecule has 58 valence electrons. The molecule has 0 aliphatic rings. The van der Waals surface area contributed by atoms with Crippen LogP contribution in [0.2, 0.25) is 0 Å². The van der Waals surface area contributed by atoms with E-state index in [-0.39, 0.29) is 5.57 Å². The number of nitrogens with zero attached hydrogens (tertiary/aromatic N) is 2. The highest BCUT2D eigenvalue weighted by molar-refractivity contribution is 6.13. The summed E-state index contributed by atoms with van der Waals surface area (Å²) in [6.07, 6.45) is 1.53. The fourth-order valence-corrected chi connectivity index (χ4v) is 0.779. The van der Waals surface area contributed by atoms with Crippen molar-refractivity contribution in [2.75, 3.05) is 0 Å². The molecule has 11 heavy (non-hydrogen) atoms. The van der Waals surface area contributed by atoms with Crippen molar-refractivity contribution in [3.05, 3.63) is 24.5 Å². The summed E-state index contributed by atoms with van der Waals surface area (Å²) in [6, 6.07) is 1.61. The summed E-state index contributed by atoms with van der Waals surface area (Å²) in [7, 11) is 1.67. The lowest BCUT2D eigenvalue weighted by Crippen LogP contribution is -2.03. The molecule has 0 bridgehead atoms. The summed E-state index contributed by atoms with van der Waals surface area (Å²) in [4.78, 5) is 10.4. The number of carbonyl (C=O) groups is 1. The van der Waals surface area contributed by atoms with Gasteiger partial charge in [-0.05, 0) is 6.07 Å². The number of aromatic nitrogens is 2. The normalized spacial score (nSPS) is 9.55. The van der Waals surface area contributed by atoms with Gasteiger partial charge >= 0.3 is 5.97 Å². The molecule has 0 aromatic carbocycles. The van der Waals surface area contributed by atoms with Crippen molar-refractivity contribution in [2.24, 2.45) is 7.05 Å². The van der Waals surface area contributed by atoms with E-state index in [0.717, 1.165) is 0 Å². The first-order valence-electron chi connectivity index (χ1n) is 3.03. The van der Waals surface area contributed by atoms with Crippen LogP contribution >= 0.6 is 0 Å². The third-order valence-corrected chi connectivity index (χ3v) is 1.39. The Labute approximate surface area is 63.8 Å². The predicted molar refractivity (Wildman–Crippen MR) is 39.9 cm³/mol. The van der Waals surface area contributed by atoms with E-state index < -0.39 is 5.97 Å². The monoisotopic (exact) mass is 152 g/mol. The third-order valence-electron chi connectivity index (χ3n) is 1.39. The van der Waals surface area contributed by atoms with Crippen molar-refractivity contribution in [2.45, 2.75) is 0 Å². The summed E-state index contributed by atoms with van der Waals surface area (Å²) in [6.45, 7) is 3.40. The van der Waals surface area contributed by atoms with E-state index >= 15 is 0 Å². The van der Waals surface area contributed by atoms with Gasteiger partial charge in [-0.2, -0.15) is 5.10 Å². The lowest BCUT2D eigenvalue weighted by Gasteiger charge is -1.98. The second kappa shape index (κ2) is 2.57. The van der Waals surface area contributed by atoms with Crippen molar-refractivity contribution in [3.63, 3.8) is 0 Å². The van der Waals surface area contributed by atoms with Crippen LogP contribution in [0.3, 0.4) is 0 Å². The molecule has 4 heteroatoms. The van der Waals surface area contributed by atoms with E-state index in [0.29, 0.717) is 5.69 Å². The Hall–Kier alpha value is -1.58. The Balaban J connectivity index is 3.02. The van der Waals surface area contributed by atoms with E-state index in [9.17, 15) is 4.79 Å². The standard InChI is InChI=1S/C7H8N2O2/c1-5(7(10)11)6-3-4-8-9(6)2/h3-4H,1H2,2H3,(H,10,11). The van der Waals surface area contributed by atoms with Crippen LogP contribution < -0.4 is 0 Å². The quantitative estimate of drug-likeness (QED) is 0.628. The fourth-order valence-electron chi connectivity index (χ4n) is 0.779. The summed E-state index contributed by atoms with van der Waals surface area (Å²) >= 11 is 0. The summed E-state index contributed by atoms with van der Waals surface area (Å²) in [5, 5.41) is 12.4. The molecule has 0 radical (unpaired) electrons. The minimum atomic E-state index is -1.02. The Morgan fingerprint density at radius 2 is 2.45 bits per heavy atom. The van der Waals surface area contributed by atoms with Crippen molar-refractivity contribution in [3.8, 4) is 0 Å². The molecule has 0 atom stereocenters. The Kier molecular flexibility index (Phi) is 1.76. The molecule has 0 fully saturated rings. The van der Waals surface area contributed by atoms with E-state index in [2.05, 4.69) is 11.7 Å². The van der Waals surface area contributed by atoms with E-state index in [4.69, 9.17) is 5.11 Å². The number of rotatable bonds is 2. The first-order chi connectivity index (χ1) is 5.13. The summed E-state index contributed by atoms with van der Waals surface area (Å²) < 4.78 is 1.47. The Morgan fingerprint density at radius 3 is 2.82 bits per heavy atom. The Bertz CT molecular complexity index is 301. The maximum absolute atomic E-state index is 10.4. The molecule has 0 amide bonds. The zero-order valence-electron chi connectivity index (χ0n) is 6.11. The van der Waals surface area contributed by atoms with Gasteiger partial charge in [-0.3, -0.25) is 4.68 Å². The number of hydrogen-bond acceptors (Lipinski definition) is 2. The molecule has 1 aromatic rings. The van der Waals surface area contributed by atoms with E-state index in [1.165, 1.54) is 10.9 Å². The number of carboxylic acid groups (broad SMARTS) is 1. The van der Waals surface area contributed by atoms with Crippen LogP contribution in [-0.2, 0) is 11.8 Å². The van der Waals surface area contributed by atoms with E-state index in [1.54, 1.807) is 13.1 Å². The number of hydrogen-bond donors (Lipinski definition) is 1. The molecular formula is C7H8N2O2. The molecule has 0 aliphatic carbocycles. The van der Waals surface area contributed by atoms with Gasteiger partial charge in [0.25, 0.3) is 0 Å². The second-order valence-electron chi connectivity index (χ2n) is 2.12. The topological polar surface area (TPSA) is 55.1 Å². The van der Waals surface area contributed by atoms with Crippen LogP contribution in [0.15, 0.2) is 18.8 Å². The van der Waals surface area contributed by atoms with Crippen molar-refractivity contribution < 1.29 is 9.90 Å². The average Bonchev–Trinajstić information content (AvgIpc) is 2.33. The van der Waals surface area contributed by atoms with E-state index in [1.807, 2.05) is 0 Å². The zero-order chi connectivity index (χ0) is 8.43. The Morgan fingerprint density at radius 1 is 1.82 bits per heavy atom. The largest absolute Gasteiger partial charge is 0.478 e. The van der Waals surface area contributed by atoms with Crippen LogP contribution in [0.1, 0.15) is 5.69 Å². The van der Waals surface area contributed by atoms with Crippen LogP contribution in [0, 0.1) is 0 Å². The molecule has 4 nitrogen and oxygen atoms in total. The number of carboxylic acids is 1. The van der Waals surface area contributed by atoms with Crippen molar-refractivity contribution in [1.82, 2.24) is 9.78 Å². The highest BCUT2D eigenvalue weighted by Crippen LogP contribution is 2.09. The number of aliphatic carboxylic acids is 1. The molecule has 1 rings (SSSR count). The smallest absolute Gasteiger partial charge is 0.337 e. The van der Waals surface area contributed by atoms with Gasteiger partial charge in [-0.25, -0.2) is 4.79 Å². The fraction of sp³-hybridized carbons (Fsp3) is 0.143. The number of aryl methyl sites for hydroxylation is 1. The molecular weight excluding hydrogens is 144 g/mol. The first-order valence-corrected chi connectivity index (χ1v) is 3.03. The maximum atomic E-state index is 10.4. The van der Waals surface area contributed by atoms with Crippen LogP contribution in [0.25, 0.3) is 5.57 Å². The van der Waals surface area contributed by atoms with Gasteiger partial charge in [-0.15, -0.1) is 0 Å². The van der Waals surface area contributed by atoms with Crippen LogP contribution in [0.5, 0.6) is 0 Å². The molecule has 0 unspecified atom stereocenters. The minimum absolute atomic E-state index is 0.0602. The van der Waals surface area contributed by atoms with Crippen molar-refractivity contribution in [1.29, 1.82) is 0 Å². The lowest BCUT2D eigenvalue weighted by atomic mass is 10.2. The molecule has 0 spiro atoms. The summed E-state index contributed by atoms with van der Waals surface area (Å²) in [5.41, 5.74) is 0.586. The molecule has 1 aromatic heterocycles. The highest BCUT2D eigenvalue weighted by Gasteiger charge is 2.09. The maximum Gasteiger partial charge on any atom is 0.337 e. The third kappa shape index (κ3) is 1.29. The predicted octanol–water partition coefficient (Wildman–Crippen LogP) is 0.518. The lowest BCUT2D eigenvalue weighted by molar-refractivity contribution is -0.130. The van der Waals surface area contributed by atoms with Gasteiger partial charge in [0.15, 0.2) is 0 Å². The zero-order valence-corrected chi connectivity index (χ0v) is 6.11. The van der Waals surface area contributed by atoms with Gasteiger partial charge < -0.3 is 5.11 Å². The average molecular weight is 152 g/mol. The summed E-state index contributed by atoms with van der Waals surface area (Å²) in [5.74, 6) is -1.02. The molecule has 0 saturated carbocycles. The van der Waals surface area contributed by atoms with Gasteiger partial charge in [0, 0.05) is 13.2 Å². The van der Waals surface area contributed by atoms with Gasteiger partial charge in [0.05, 0.1) is 11.3 Å². The molecule has 1 heterocycles.